The first-order chi connectivity index (χ1) is 9.40. The Hall–Kier alpha value is -1.50. The van der Waals surface area contributed by atoms with Gasteiger partial charge in [0.2, 0.25) is 0 Å². The number of thiophene rings is 1. The summed E-state index contributed by atoms with van der Waals surface area (Å²) in [7, 11) is 0. The fourth-order valence-corrected chi connectivity index (χ4v) is 2.95. The van der Waals surface area contributed by atoms with Crippen molar-refractivity contribution < 1.29 is 0 Å². The average molecular weight is 305 g/mol. The molecule has 1 N–H and O–H groups in total. The Morgan fingerprint density at radius 2 is 2.00 bits per heavy atom. The lowest BCUT2D eigenvalue weighted by Gasteiger charge is -2.15. The number of nitrogens with zero attached hydrogens (tertiary/aromatic N) is 1. The molecule has 0 saturated heterocycles. The van der Waals surface area contributed by atoms with Crippen LogP contribution in [0.5, 0.6) is 0 Å². The van der Waals surface area contributed by atoms with Crippen LogP contribution >= 0.6 is 22.9 Å². The van der Waals surface area contributed by atoms with E-state index in [1.807, 2.05) is 17.4 Å². The number of nitrogens with one attached hydrogen (secondary N) is 1. The van der Waals surface area contributed by atoms with Gasteiger partial charge in [-0.2, -0.15) is 5.26 Å². The SMILES string of the molecule is CC(C)(C)c1ccc(CNc2ccc(Cl)c(C#N)c2)s1. The molecular weight excluding hydrogens is 288 g/mol. The fraction of sp³-hybridized carbons (Fsp3) is 0.312. The van der Waals surface area contributed by atoms with Crippen LogP contribution in [0.4, 0.5) is 5.69 Å². The van der Waals surface area contributed by atoms with Crippen molar-refractivity contribution in [3.63, 3.8) is 0 Å². The third-order valence-corrected chi connectivity index (χ3v) is 4.79. The summed E-state index contributed by atoms with van der Waals surface area (Å²) < 4.78 is 0. The molecule has 2 rings (SSSR count). The lowest BCUT2D eigenvalue weighted by atomic mass is 9.95. The Balaban J connectivity index is 2.06. The van der Waals surface area contributed by atoms with Crippen LogP contribution in [0.3, 0.4) is 0 Å². The van der Waals surface area contributed by atoms with Crippen LogP contribution in [0.2, 0.25) is 5.02 Å². The Morgan fingerprint density at radius 1 is 1.25 bits per heavy atom. The van der Waals surface area contributed by atoms with E-state index < -0.39 is 0 Å². The van der Waals surface area contributed by atoms with E-state index in [0.29, 0.717) is 10.6 Å². The van der Waals surface area contributed by atoms with Gasteiger partial charge >= 0.3 is 0 Å². The molecule has 4 heteroatoms. The molecule has 1 heterocycles. The molecule has 0 bridgehead atoms. The number of anilines is 1. The van der Waals surface area contributed by atoms with Crippen LogP contribution in [0, 0.1) is 11.3 Å². The van der Waals surface area contributed by atoms with Crippen LogP contribution in [-0.4, -0.2) is 0 Å². The third-order valence-electron chi connectivity index (χ3n) is 2.95. The van der Waals surface area contributed by atoms with Crippen LogP contribution in [0.15, 0.2) is 30.3 Å². The van der Waals surface area contributed by atoms with Crippen molar-refractivity contribution in [1.29, 1.82) is 5.26 Å². The molecule has 0 aliphatic carbocycles. The van der Waals surface area contributed by atoms with Gasteiger partial charge < -0.3 is 5.32 Å². The van der Waals surface area contributed by atoms with Crippen molar-refractivity contribution in [2.75, 3.05) is 5.32 Å². The van der Waals surface area contributed by atoms with E-state index >= 15 is 0 Å². The zero-order valence-electron chi connectivity index (χ0n) is 11.8. The quantitative estimate of drug-likeness (QED) is 0.847. The molecule has 0 amide bonds. The van der Waals surface area contributed by atoms with Gasteiger partial charge in [0.25, 0.3) is 0 Å². The highest BCUT2D eigenvalue weighted by molar-refractivity contribution is 7.12. The summed E-state index contributed by atoms with van der Waals surface area (Å²) in [4.78, 5) is 2.66. The second kappa shape index (κ2) is 5.87. The van der Waals surface area contributed by atoms with Crippen LogP contribution < -0.4 is 5.32 Å². The highest BCUT2D eigenvalue weighted by Crippen LogP contribution is 2.30. The summed E-state index contributed by atoms with van der Waals surface area (Å²) in [5, 5.41) is 12.8. The summed E-state index contributed by atoms with van der Waals surface area (Å²) in [5.74, 6) is 0. The zero-order chi connectivity index (χ0) is 14.8. The molecule has 0 saturated carbocycles. The highest BCUT2D eigenvalue weighted by atomic mass is 35.5. The number of rotatable bonds is 3. The van der Waals surface area contributed by atoms with E-state index in [-0.39, 0.29) is 5.41 Å². The predicted molar refractivity (Wildman–Crippen MR) is 86.5 cm³/mol. The molecule has 1 aromatic carbocycles. The van der Waals surface area contributed by atoms with Crippen LogP contribution in [-0.2, 0) is 12.0 Å². The van der Waals surface area contributed by atoms with Crippen molar-refractivity contribution in [3.05, 3.63) is 50.7 Å². The maximum Gasteiger partial charge on any atom is 0.101 e. The number of halogens is 1. The molecule has 0 fully saturated rings. The monoisotopic (exact) mass is 304 g/mol. The summed E-state index contributed by atoms with van der Waals surface area (Å²) >= 11 is 7.74. The van der Waals surface area contributed by atoms with Crippen molar-refractivity contribution >= 4 is 28.6 Å². The molecule has 2 aromatic rings. The molecule has 2 nitrogen and oxygen atoms in total. The Bertz CT molecular complexity index is 647. The smallest absolute Gasteiger partial charge is 0.101 e. The molecular formula is C16H17ClN2S. The molecule has 0 aliphatic rings. The first kappa shape index (κ1) is 14.9. The molecule has 0 radical (unpaired) electrons. The first-order valence-corrected chi connectivity index (χ1v) is 7.62. The van der Waals surface area contributed by atoms with Crippen LogP contribution in [0.25, 0.3) is 0 Å². The molecule has 20 heavy (non-hydrogen) atoms. The lowest BCUT2D eigenvalue weighted by molar-refractivity contribution is 0.604. The van der Waals surface area contributed by atoms with E-state index in [9.17, 15) is 0 Å². The topological polar surface area (TPSA) is 35.8 Å². The summed E-state index contributed by atoms with van der Waals surface area (Å²) in [6.07, 6.45) is 0. The standard InChI is InChI=1S/C16H17ClN2S/c1-16(2,3)15-7-5-13(20-15)10-19-12-4-6-14(17)11(8-12)9-18/h4-8,19H,10H2,1-3H3. The number of hydrogen-bond donors (Lipinski definition) is 1. The molecule has 0 aliphatic heterocycles. The second-order valence-corrected chi connectivity index (χ2v) is 7.25. The minimum atomic E-state index is 0.192. The maximum absolute atomic E-state index is 8.96. The number of benzene rings is 1. The molecule has 1 aromatic heterocycles. The highest BCUT2D eigenvalue weighted by Gasteiger charge is 2.15. The lowest BCUT2D eigenvalue weighted by Crippen LogP contribution is -2.07. The number of nitriles is 1. The summed E-state index contributed by atoms with van der Waals surface area (Å²) in [5.41, 5.74) is 1.60. The van der Waals surface area contributed by atoms with Gasteiger partial charge in [-0.1, -0.05) is 32.4 Å². The predicted octanol–water partition coefficient (Wildman–Crippen LogP) is 5.18. The molecule has 0 spiro atoms. The minimum Gasteiger partial charge on any atom is -0.380 e. The number of hydrogen-bond acceptors (Lipinski definition) is 3. The zero-order valence-corrected chi connectivity index (χ0v) is 13.4. The van der Waals surface area contributed by atoms with Crippen molar-refractivity contribution in [1.82, 2.24) is 0 Å². The van der Waals surface area contributed by atoms with Gasteiger partial charge in [-0.3, -0.25) is 0 Å². The van der Waals surface area contributed by atoms with Gasteiger partial charge in [-0.15, -0.1) is 11.3 Å². The van der Waals surface area contributed by atoms with Gasteiger partial charge in [0, 0.05) is 22.0 Å². The molecule has 0 atom stereocenters. The van der Waals surface area contributed by atoms with Crippen molar-refractivity contribution in [2.24, 2.45) is 0 Å². The molecule has 104 valence electrons. The van der Waals surface area contributed by atoms with Gasteiger partial charge in [0.1, 0.15) is 6.07 Å². The van der Waals surface area contributed by atoms with Crippen molar-refractivity contribution in [2.45, 2.75) is 32.7 Å². The summed E-state index contributed by atoms with van der Waals surface area (Å²) in [6, 6.07) is 11.8. The fourth-order valence-electron chi connectivity index (χ4n) is 1.79. The van der Waals surface area contributed by atoms with E-state index in [0.717, 1.165) is 12.2 Å². The van der Waals surface area contributed by atoms with Gasteiger partial charge in [-0.25, -0.2) is 0 Å². The minimum absolute atomic E-state index is 0.192. The molecule has 0 unspecified atom stereocenters. The van der Waals surface area contributed by atoms with Gasteiger partial charge in [0.05, 0.1) is 10.6 Å². The normalized spacial score (nSPS) is 11.2. The Labute approximate surface area is 129 Å². The van der Waals surface area contributed by atoms with Gasteiger partial charge in [0.15, 0.2) is 0 Å². The second-order valence-electron chi connectivity index (χ2n) is 5.68. The van der Waals surface area contributed by atoms with Gasteiger partial charge in [-0.05, 0) is 35.7 Å². The van der Waals surface area contributed by atoms with E-state index in [4.69, 9.17) is 16.9 Å². The Morgan fingerprint density at radius 3 is 2.60 bits per heavy atom. The summed E-state index contributed by atoms with van der Waals surface area (Å²) in [6.45, 7) is 7.41. The van der Waals surface area contributed by atoms with Crippen LogP contribution in [0.1, 0.15) is 36.1 Å². The Kier molecular flexibility index (Phi) is 4.37. The largest absolute Gasteiger partial charge is 0.380 e. The average Bonchev–Trinajstić information content (AvgIpc) is 2.86. The third kappa shape index (κ3) is 3.53. The van der Waals surface area contributed by atoms with E-state index in [1.165, 1.54) is 9.75 Å². The van der Waals surface area contributed by atoms with E-state index in [2.05, 4.69) is 44.3 Å². The van der Waals surface area contributed by atoms with E-state index in [1.54, 1.807) is 12.1 Å². The first-order valence-electron chi connectivity index (χ1n) is 6.43. The maximum atomic E-state index is 8.96. The van der Waals surface area contributed by atoms with Crippen molar-refractivity contribution in [3.8, 4) is 6.07 Å².